The zero-order valence-electron chi connectivity index (χ0n) is 42.6. The molecule has 2 aliphatic heterocycles. The minimum atomic E-state index is -5.45. The average molecular weight is 1070 g/mol. The van der Waals surface area contributed by atoms with Gasteiger partial charge < -0.3 is 44.7 Å². The lowest BCUT2D eigenvalue weighted by Gasteiger charge is -2.21. The van der Waals surface area contributed by atoms with E-state index >= 15 is 0 Å². The minimum absolute atomic E-state index is 0.0834. The Morgan fingerprint density at radius 2 is 1.30 bits per heavy atom. The van der Waals surface area contributed by atoms with Gasteiger partial charge in [0.2, 0.25) is 0 Å². The van der Waals surface area contributed by atoms with E-state index in [1.165, 1.54) is 25.3 Å². The molecular weight excluding hydrogens is 985 g/mol. The van der Waals surface area contributed by atoms with Gasteiger partial charge in [0, 0.05) is 19.0 Å². The maximum absolute atomic E-state index is 12.9. The van der Waals surface area contributed by atoms with Crippen LogP contribution in [0.25, 0.3) is 0 Å². The van der Waals surface area contributed by atoms with E-state index in [1.807, 2.05) is 18.2 Å². The Labute approximate surface area is 431 Å². The molecule has 0 bridgehead atoms. The predicted octanol–water partition coefficient (Wildman–Crippen LogP) is 9.65. The number of phosphoric acid groups is 2. The highest BCUT2D eigenvalue weighted by atomic mass is 31.3. The zero-order valence-corrected chi connectivity index (χ0v) is 44.4. The molecule has 2 aliphatic rings. The van der Waals surface area contributed by atoms with Gasteiger partial charge in [-0.2, -0.15) is 9.29 Å². The normalized spacial score (nSPS) is 22.4. The van der Waals surface area contributed by atoms with Crippen LogP contribution in [0.2, 0.25) is 0 Å². The van der Waals surface area contributed by atoms with Gasteiger partial charge in [0.25, 0.3) is 0 Å². The summed E-state index contributed by atoms with van der Waals surface area (Å²) in [5, 5.41) is 20.9. The van der Waals surface area contributed by atoms with Gasteiger partial charge in [-0.3, -0.25) is 23.2 Å². The zero-order chi connectivity index (χ0) is 53.2. The first-order valence-corrected chi connectivity index (χ1v) is 28.7. The molecule has 19 nitrogen and oxygen atoms in total. The number of nitrogen functional groups attached to an aromatic ring is 1. The SMILES string of the molecule is CC/C=C\C/C=C\C/C=C\C/C=C\C/C=C\C/C=C\CCC(=O)O[C@H](COC(=O)CCCCCCCC1OC1C/C=C\CCCCC)COP(=O)(O)OP(=O)(O)OC[C@H]1O[C@@H](n2ccc(N)nc2=O)[C@H](O)[C@@H]1O. The fraction of sp³-hybridized carbons (Fsp3) is 0.615. The first-order valence-electron chi connectivity index (χ1n) is 25.7. The number of aliphatic hydroxyl groups excluding tert-OH is 2. The third-order valence-electron chi connectivity index (χ3n) is 11.4. The lowest BCUT2D eigenvalue weighted by Crippen LogP contribution is -2.36. The van der Waals surface area contributed by atoms with Crippen LogP contribution in [0.1, 0.15) is 148 Å². The van der Waals surface area contributed by atoms with E-state index in [0.29, 0.717) is 31.5 Å². The molecule has 0 spiro atoms. The van der Waals surface area contributed by atoms with Crippen LogP contribution >= 0.6 is 15.6 Å². The summed E-state index contributed by atoms with van der Waals surface area (Å²) in [6.07, 6.45) is 39.8. The molecule has 2 fully saturated rings. The standard InChI is InChI=1S/C52H81N3O16P2/c1-3-5-7-9-11-12-13-14-15-16-17-18-19-20-21-22-23-27-32-36-48(57)68-42(39-65-47(56)35-31-28-24-26-30-34-44-43(69-44)33-29-25-10-8-6-4-2)40-66-72(61,62)71-73(63,64)67-41-45-49(58)50(59)51(70-45)55-38-37-46(53)54-52(55)60/h5,7,11-12,14-15,17-18,20-21,23,25,27,29,37-38,42-45,49-51,58-59H,3-4,6,8-10,13,16,19,22,24,26,28,30-36,39-41H2,1-2H3,(H,61,62)(H,63,64)(H2,53,54,60)/b7-5-,12-11-,15-14-,18-17-,21-20-,27-23-,29-25-/t42-,43?,44?,45-,49-,50-,51-/m1/s1. The molecule has 410 valence electrons. The number of unbranched alkanes of at least 4 members (excludes halogenated alkanes) is 7. The number of aliphatic hydroxyl groups is 2. The number of carbonyl (C=O) groups is 2. The fourth-order valence-electron chi connectivity index (χ4n) is 7.34. The summed E-state index contributed by atoms with van der Waals surface area (Å²) < 4.78 is 62.5. The number of carbonyl (C=O) groups excluding carboxylic acids is 2. The summed E-state index contributed by atoms with van der Waals surface area (Å²) in [5.41, 5.74) is 4.58. The van der Waals surface area contributed by atoms with E-state index in [4.69, 9.17) is 33.7 Å². The molecule has 73 heavy (non-hydrogen) atoms. The number of phosphoric ester groups is 2. The molecule has 3 rings (SSSR count). The van der Waals surface area contributed by atoms with Crippen LogP contribution in [-0.2, 0) is 51.0 Å². The van der Waals surface area contributed by atoms with Crippen LogP contribution in [0.15, 0.2) is 102 Å². The van der Waals surface area contributed by atoms with Crippen molar-refractivity contribution in [3.05, 3.63) is 108 Å². The van der Waals surface area contributed by atoms with Crippen LogP contribution in [-0.4, -0.2) is 97.9 Å². The molecule has 2 saturated heterocycles. The number of rotatable bonds is 40. The van der Waals surface area contributed by atoms with Crippen molar-refractivity contribution in [1.29, 1.82) is 0 Å². The molecule has 4 unspecified atom stereocenters. The maximum atomic E-state index is 12.9. The molecule has 0 radical (unpaired) electrons. The number of anilines is 1. The number of nitrogens with zero attached hydrogens (tertiary/aromatic N) is 2. The third-order valence-corrected chi connectivity index (χ3v) is 14.0. The summed E-state index contributed by atoms with van der Waals surface area (Å²) in [7, 11) is -10.9. The molecule has 21 heteroatoms. The van der Waals surface area contributed by atoms with E-state index < -0.39 is 83.7 Å². The highest BCUT2D eigenvalue weighted by Crippen LogP contribution is 2.60. The largest absolute Gasteiger partial charge is 0.481 e. The smallest absolute Gasteiger partial charge is 0.462 e. The van der Waals surface area contributed by atoms with Crippen molar-refractivity contribution >= 4 is 33.4 Å². The Hall–Kier alpha value is -4.10. The van der Waals surface area contributed by atoms with E-state index in [9.17, 15) is 43.5 Å². The van der Waals surface area contributed by atoms with Crippen LogP contribution in [0.5, 0.6) is 0 Å². The Bertz CT molecular complexity index is 2120. The number of hydrogen-bond donors (Lipinski definition) is 5. The Morgan fingerprint density at radius 1 is 0.699 bits per heavy atom. The first kappa shape index (κ1) is 63.2. The van der Waals surface area contributed by atoms with Crippen molar-refractivity contribution in [2.45, 2.75) is 185 Å². The number of esters is 2. The molecule has 9 atom stereocenters. The van der Waals surface area contributed by atoms with Gasteiger partial charge in [-0.1, -0.05) is 137 Å². The van der Waals surface area contributed by atoms with Crippen molar-refractivity contribution in [3.63, 3.8) is 0 Å². The van der Waals surface area contributed by atoms with Crippen molar-refractivity contribution in [1.82, 2.24) is 9.55 Å². The second-order valence-corrected chi connectivity index (χ2v) is 20.7. The summed E-state index contributed by atoms with van der Waals surface area (Å²) in [5.74, 6) is -1.43. The fourth-order valence-corrected chi connectivity index (χ4v) is 9.45. The second kappa shape index (κ2) is 36.8. The number of allylic oxidation sites excluding steroid dienone is 13. The van der Waals surface area contributed by atoms with Crippen molar-refractivity contribution in [3.8, 4) is 0 Å². The highest BCUT2D eigenvalue weighted by Gasteiger charge is 2.46. The van der Waals surface area contributed by atoms with Gasteiger partial charge in [-0.05, 0) is 83.1 Å². The quantitative estimate of drug-likeness (QED) is 0.0134. The van der Waals surface area contributed by atoms with Gasteiger partial charge >= 0.3 is 33.3 Å². The van der Waals surface area contributed by atoms with Gasteiger partial charge in [-0.15, -0.1) is 0 Å². The number of aromatic nitrogens is 2. The Balaban J connectivity index is 1.42. The van der Waals surface area contributed by atoms with Crippen LogP contribution in [0.4, 0.5) is 5.82 Å². The molecule has 1 aromatic rings. The van der Waals surface area contributed by atoms with E-state index in [1.54, 1.807) is 6.08 Å². The van der Waals surface area contributed by atoms with Crippen LogP contribution < -0.4 is 11.4 Å². The monoisotopic (exact) mass is 1070 g/mol. The summed E-state index contributed by atoms with van der Waals surface area (Å²) >= 11 is 0. The maximum Gasteiger partial charge on any atom is 0.481 e. The van der Waals surface area contributed by atoms with Crippen molar-refractivity contribution < 1.29 is 71.0 Å². The molecule has 3 heterocycles. The molecule has 0 aliphatic carbocycles. The van der Waals surface area contributed by atoms with Gasteiger partial charge in [0.1, 0.15) is 30.7 Å². The van der Waals surface area contributed by atoms with Crippen molar-refractivity contribution in [2.75, 3.05) is 25.6 Å². The predicted molar refractivity (Wildman–Crippen MR) is 279 cm³/mol. The first-order chi connectivity index (χ1) is 35.1. The summed E-state index contributed by atoms with van der Waals surface area (Å²) in [6, 6.07) is 1.24. The second-order valence-electron chi connectivity index (χ2n) is 17.7. The summed E-state index contributed by atoms with van der Waals surface area (Å²) in [6.45, 7) is 1.91. The highest BCUT2D eigenvalue weighted by molar-refractivity contribution is 7.61. The van der Waals surface area contributed by atoms with E-state index in [2.05, 4.69) is 83.9 Å². The van der Waals surface area contributed by atoms with E-state index in [-0.39, 0.29) is 18.7 Å². The average Bonchev–Trinajstić information content (AvgIpc) is 4.04. The van der Waals surface area contributed by atoms with Crippen LogP contribution in [0, 0.1) is 0 Å². The topological polar surface area (TPSA) is 278 Å². The third kappa shape index (κ3) is 29.0. The molecule has 0 amide bonds. The molecule has 0 aromatic carbocycles. The number of hydrogen-bond acceptors (Lipinski definition) is 16. The van der Waals surface area contributed by atoms with Crippen molar-refractivity contribution in [2.24, 2.45) is 0 Å². The number of epoxide rings is 1. The van der Waals surface area contributed by atoms with Gasteiger partial charge in [0.15, 0.2) is 12.3 Å². The van der Waals surface area contributed by atoms with Gasteiger partial charge in [-0.25, -0.2) is 13.9 Å². The lowest BCUT2D eigenvalue weighted by molar-refractivity contribution is -0.161. The van der Waals surface area contributed by atoms with E-state index in [0.717, 1.165) is 87.8 Å². The number of nitrogens with two attached hydrogens (primary N) is 1. The molecular formula is C52H81N3O16P2. The minimum Gasteiger partial charge on any atom is -0.462 e. The Kier molecular flexibility index (Phi) is 31.8. The number of ether oxygens (including phenoxy) is 4. The lowest BCUT2D eigenvalue weighted by atomic mass is 10.1. The molecule has 0 saturated carbocycles. The molecule has 1 aromatic heterocycles. The van der Waals surface area contributed by atoms with Crippen LogP contribution in [0.3, 0.4) is 0 Å². The summed E-state index contributed by atoms with van der Waals surface area (Å²) in [4.78, 5) is 62.0. The Morgan fingerprint density at radius 3 is 1.95 bits per heavy atom. The van der Waals surface area contributed by atoms with Gasteiger partial charge in [0.05, 0.1) is 25.4 Å². The molecule has 6 N–H and O–H groups in total.